The highest BCUT2D eigenvalue weighted by Gasteiger charge is 2.20. The fraction of sp³-hybridized carbons (Fsp3) is 0.333. The number of carboxylic acid groups (broad SMARTS) is 1. The molecule has 120 valence electrons. The van der Waals surface area contributed by atoms with E-state index in [2.05, 4.69) is 18.1 Å². The third kappa shape index (κ3) is 2.32. The van der Waals surface area contributed by atoms with Gasteiger partial charge in [-0.3, -0.25) is 4.68 Å². The maximum Gasteiger partial charge on any atom is 0.352 e. The molecular formula is C18H21N3O2. The minimum absolute atomic E-state index is 0.341. The van der Waals surface area contributed by atoms with E-state index in [1.807, 2.05) is 42.3 Å². The van der Waals surface area contributed by atoms with Gasteiger partial charge < -0.3 is 9.67 Å². The van der Waals surface area contributed by atoms with Gasteiger partial charge in [-0.15, -0.1) is 0 Å². The smallest absolute Gasteiger partial charge is 0.352 e. The molecule has 0 saturated carbocycles. The van der Waals surface area contributed by atoms with Crippen LogP contribution in [0.3, 0.4) is 0 Å². The van der Waals surface area contributed by atoms with Crippen LogP contribution in [-0.4, -0.2) is 25.4 Å². The molecular weight excluding hydrogens is 290 g/mol. The van der Waals surface area contributed by atoms with E-state index in [0.29, 0.717) is 12.2 Å². The van der Waals surface area contributed by atoms with E-state index in [4.69, 9.17) is 0 Å². The highest BCUT2D eigenvalue weighted by Crippen LogP contribution is 2.34. The Morgan fingerprint density at radius 1 is 1.30 bits per heavy atom. The van der Waals surface area contributed by atoms with Crippen LogP contribution in [0.1, 0.15) is 35.2 Å². The molecule has 1 aromatic carbocycles. The van der Waals surface area contributed by atoms with Gasteiger partial charge in [0, 0.05) is 35.8 Å². The van der Waals surface area contributed by atoms with Crippen LogP contribution in [0.25, 0.3) is 22.0 Å². The van der Waals surface area contributed by atoms with Crippen LogP contribution in [-0.2, 0) is 13.6 Å². The van der Waals surface area contributed by atoms with Crippen molar-refractivity contribution in [2.45, 2.75) is 33.7 Å². The Hall–Kier alpha value is -2.56. The Kier molecular flexibility index (Phi) is 3.72. The van der Waals surface area contributed by atoms with Crippen LogP contribution in [0, 0.1) is 13.8 Å². The third-order valence-corrected chi connectivity index (χ3v) is 4.36. The van der Waals surface area contributed by atoms with Gasteiger partial charge in [0.05, 0.1) is 11.2 Å². The lowest BCUT2D eigenvalue weighted by Gasteiger charge is -2.11. The summed E-state index contributed by atoms with van der Waals surface area (Å²) in [5.74, 6) is -0.889. The summed E-state index contributed by atoms with van der Waals surface area (Å²) in [5.41, 5.74) is 5.49. The summed E-state index contributed by atoms with van der Waals surface area (Å²) in [6.07, 6.45) is 0.878. The summed E-state index contributed by atoms with van der Waals surface area (Å²) in [6.45, 7) is 6.77. The highest BCUT2D eigenvalue weighted by atomic mass is 16.4. The van der Waals surface area contributed by atoms with Crippen LogP contribution < -0.4 is 0 Å². The molecule has 0 unspecified atom stereocenters. The largest absolute Gasteiger partial charge is 0.477 e. The zero-order valence-electron chi connectivity index (χ0n) is 13.9. The lowest BCUT2D eigenvalue weighted by molar-refractivity contribution is 0.0685. The number of aromatic carboxylic acids is 1. The number of fused-ring (bicyclic) bond motifs is 1. The molecule has 0 aliphatic carbocycles. The molecule has 0 atom stereocenters. The molecule has 1 N–H and O–H groups in total. The van der Waals surface area contributed by atoms with E-state index in [9.17, 15) is 9.90 Å². The lowest BCUT2D eigenvalue weighted by atomic mass is 10.0. The average molecular weight is 311 g/mol. The third-order valence-electron chi connectivity index (χ3n) is 4.36. The van der Waals surface area contributed by atoms with Gasteiger partial charge in [-0.25, -0.2) is 4.79 Å². The second kappa shape index (κ2) is 5.57. The van der Waals surface area contributed by atoms with Crippen molar-refractivity contribution < 1.29 is 9.90 Å². The summed E-state index contributed by atoms with van der Waals surface area (Å²) in [6, 6.07) is 7.76. The quantitative estimate of drug-likeness (QED) is 0.798. The van der Waals surface area contributed by atoms with Crippen LogP contribution in [0.15, 0.2) is 24.3 Å². The second-order valence-electron chi connectivity index (χ2n) is 5.90. The van der Waals surface area contributed by atoms with E-state index in [0.717, 1.165) is 39.8 Å². The number of carboxylic acids is 1. The molecule has 0 aliphatic heterocycles. The number of aryl methyl sites for hydroxylation is 3. The minimum Gasteiger partial charge on any atom is -0.477 e. The molecule has 5 nitrogen and oxygen atoms in total. The Bertz CT molecular complexity index is 903. The fourth-order valence-corrected chi connectivity index (χ4v) is 3.32. The number of hydrogen-bond acceptors (Lipinski definition) is 2. The van der Waals surface area contributed by atoms with Crippen molar-refractivity contribution in [2.24, 2.45) is 7.05 Å². The van der Waals surface area contributed by atoms with Gasteiger partial charge >= 0.3 is 5.97 Å². The van der Waals surface area contributed by atoms with Crippen molar-refractivity contribution in [3.05, 3.63) is 41.3 Å². The zero-order valence-corrected chi connectivity index (χ0v) is 13.9. The predicted molar refractivity (Wildman–Crippen MR) is 90.9 cm³/mol. The minimum atomic E-state index is -0.889. The molecule has 0 amide bonds. The van der Waals surface area contributed by atoms with Crippen LogP contribution in [0.4, 0.5) is 0 Å². The predicted octanol–water partition coefficient (Wildman–Crippen LogP) is 3.77. The van der Waals surface area contributed by atoms with Crippen LogP contribution in [0.2, 0.25) is 0 Å². The average Bonchev–Trinajstić information content (AvgIpc) is 2.98. The normalized spacial score (nSPS) is 11.3. The molecule has 0 spiro atoms. The number of carbonyl (C=O) groups is 1. The maximum atomic E-state index is 11.6. The molecule has 5 heteroatoms. The van der Waals surface area contributed by atoms with Crippen molar-refractivity contribution in [1.29, 1.82) is 0 Å². The standard InChI is InChI=1S/C18H21N3O2/c1-5-9-21-15(18(22)23)10-13-7-6-8-14(17(13)21)16-11(2)19-20(4)12(16)3/h6-8,10H,5,9H2,1-4H3,(H,22,23). The molecule has 3 aromatic rings. The van der Waals surface area contributed by atoms with Crippen molar-refractivity contribution in [3.63, 3.8) is 0 Å². The fourth-order valence-electron chi connectivity index (χ4n) is 3.32. The zero-order chi connectivity index (χ0) is 16.7. The van der Waals surface area contributed by atoms with Crippen LogP contribution >= 0.6 is 0 Å². The topological polar surface area (TPSA) is 60.1 Å². The molecule has 2 heterocycles. The van der Waals surface area contributed by atoms with E-state index in [-0.39, 0.29) is 0 Å². The van der Waals surface area contributed by atoms with Gasteiger partial charge in [-0.1, -0.05) is 25.1 Å². The Morgan fingerprint density at radius 2 is 2.04 bits per heavy atom. The number of rotatable bonds is 4. The molecule has 0 radical (unpaired) electrons. The van der Waals surface area contributed by atoms with Crippen molar-refractivity contribution in [3.8, 4) is 11.1 Å². The summed E-state index contributed by atoms with van der Waals surface area (Å²) >= 11 is 0. The molecule has 0 bridgehead atoms. The first-order valence-electron chi connectivity index (χ1n) is 7.81. The monoisotopic (exact) mass is 311 g/mol. The highest BCUT2D eigenvalue weighted by molar-refractivity contribution is 6.01. The molecule has 3 rings (SSSR count). The van der Waals surface area contributed by atoms with E-state index in [1.165, 1.54) is 0 Å². The van der Waals surface area contributed by atoms with Gasteiger partial charge in [-0.2, -0.15) is 5.10 Å². The Morgan fingerprint density at radius 3 is 2.61 bits per heavy atom. The number of benzene rings is 1. The van der Waals surface area contributed by atoms with Gasteiger partial charge in [0.15, 0.2) is 0 Å². The van der Waals surface area contributed by atoms with E-state index >= 15 is 0 Å². The van der Waals surface area contributed by atoms with Crippen molar-refractivity contribution in [1.82, 2.24) is 14.3 Å². The Balaban J connectivity index is 2.40. The first-order valence-corrected chi connectivity index (χ1v) is 7.81. The number of aromatic nitrogens is 3. The van der Waals surface area contributed by atoms with E-state index in [1.54, 1.807) is 6.07 Å². The SMILES string of the molecule is CCCn1c(C(=O)O)cc2cccc(-c3c(C)nn(C)c3C)c21. The molecule has 0 aliphatic rings. The van der Waals surface area contributed by atoms with Gasteiger partial charge in [-0.05, 0) is 26.3 Å². The van der Waals surface area contributed by atoms with Crippen molar-refractivity contribution >= 4 is 16.9 Å². The summed E-state index contributed by atoms with van der Waals surface area (Å²) in [4.78, 5) is 11.6. The number of para-hydroxylation sites is 1. The molecule has 0 fully saturated rings. The van der Waals surface area contributed by atoms with Gasteiger partial charge in [0.2, 0.25) is 0 Å². The second-order valence-corrected chi connectivity index (χ2v) is 5.90. The number of nitrogens with zero attached hydrogens (tertiary/aromatic N) is 3. The van der Waals surface area contributed by atoms with Crippen molar-refractivity contribution in [2.75, 3.05) is 0 Å². The first kappa shape index (κ1) is 15.3. The first-order chi connectivity index (χ1) is 11.0. The molecule has 0 saturated heterocycles. The molecule has 2 aromatic heterocycles. The maximum absolute atomic E-state index is 11.6. The van der Waals surface area contributed by atoms with Gasteiger partial charge in [0.1, 0.15) is 5.69 Å². The summed E-state index contributed by atoms with van der Waals surface area (Å²) in [5, 5.41) is 15.0. The summed E-state index contributed by atoms with van der Waals surface area (Å²) < 4.78 is 3.79. The molecule has 23 heavy (non-hydrogen) atoms. The Labute approximate surface area is 135 Å². The lowest BCUT2D eigenvalue weighted by Crippen LogP contribution is -2.08. The van der Waals surface area contributed by atoms with Gasteiger partial charge in [0.25, 0.3) is 0 Å². The summed E-state index contributed by atoms with van der Waals surface area (Å²) in [7, 11) is 1.93. The number of hydrogen-bond donors (Lipinski definition) is 1. The van der Waals surface area contributed by atoms with E-state index < -0.39 is 5.97 Å². The van der Waals surface area contributed by atoms with Crippen LogP contribution in [0.5, 0.6) is 0 Å².